The van der Waals surface area contributed by atoms with Gasteiger partial charge in [-0.3, -0.25) is 15.2 Å². The maximum absolute atomic E-state index is 3.79. The molecule has 0 heterocycles. The van der Waals surface area contributed by atoms with Crippen LogP contribution in [0, 0.1) is 0 Å². The van der Waals surface area contributed by atoms with E-state index in [4.69, 9.17) is 0 Å². The molecule has 0 aliphatic carbocycles. The van der Waals surface area contributed by atoms with Crippen LogP contribution in [0.25, 0.3) is 0 Å². The molecule has 2 atom stereocenters. The number of hydrogen-bond acceptors (Lipinski definition) is 0. The Balaban J connectivity index is 4.70. The highest BCUT2D eigenvalue weighted by atomic mass is 15.2. The fourth-order valence-corrected chi connectivity index (χ4v) is 2.86. The third-order valence-corrected chi connectivity index (χ3v) is 4.22. The molecule has 0 aromatic carbocycles. The average molecular weight is 313 g/mol. The smallest absolute Gasteiger partial charge is 0.275 e. The minimum atomic E-state index is 0.600. The van der Waals surface area contributed by atoms with Crippen LogP contribution < -0.4 is 10.6 Å². The summed E-state index contributed by atoms with van der Waals surface area (Å²) in [6.07, 6.45) is 12.7. The quantitative estimate of drug-likeness (QED) is 0.315. The van der Waals surface area contributed by atoms with Crippen molar-refractivity contribution in [2.45, 2.75) is 104 Å². The molecule has 3 heteroatoms. The fraction of sp³-hybridized carbons (Fsp3) is 0.947. The molecule has 0 rings (SSSR count). The van der Waals surface area contributed by atoms with Crippen LogP contribution in [0.1, 0.15) is 91.9 Å². The lowest BCUT2D eigenvalue weighted by atomic mass is 10.0. The molecule has 0 amide bonds. The molecular weight excluding hydrogens is 270 g/mol. The van der Waals surface area contributed by atoms with Crippen LogP contribution in [0.2, 0.25) is 0 Å². The normalized spacial score (nSPS) is 13.5. The Kier molecular flexibility index (Phi) is 13.4. The summed E-state index contributed by atoms with van der Waals surface area (Å²) in [5.41, 5.74) is 0. The van der Waals surface area contributed by atoms with Gasteiger partial charge in [0.25, 0.3) is 0 Å². The molecule has 2 N–H and O–H groups in total. The molecule has 0 radical (unpaired) electrons. The van der Waals surface area contributed by atoms with Crippen molar-refractivity contribution in [1.29, 1.82) is 0 Å². The van der Waals surface area contributed by atoms with Gasteiger partial charge in [-0.15, -0.1) is 0 Å². The molecule has 2 unspecified atom stereocenters. The van der Waals surface area contributed by atoms with Gasteiger partial charge in [-0.1, -0.05) is 66.2 Å². The van der Waals surface area contributed by atoms with Crippen molar-refractivity contribution < 1.29 is 4.58 Å². The molecule has 0 spiro atoms. The largest absolute Gasteiger partial charge is 0.345 e. The van der Waals surface area contributed by atoms with Gasteiger partial charge in [-0.2, -0.15) is 0 Å². The van der Waals surface area contributed by atoms with E-state index in [1.807, 2.05) is 0 Å². The average Bonchev–Trinajstić information content (AvgIpc) is 2.49. The monoisotopic (exact) mass is 312 g/mol. The first-order valence-electron chi connectivity index (χ1n) is 9.66. The van der Waals surface area contributed by atoms with Crippen LogP contribution in [-0.4, -0.2) is 36.7 Å². The van der Waals surface area contributed by atoms with Crippen molar-refractivity contribution in [3.8, 4) is 0 Å². The third kappa shape index (κ3) is 10.1. The maximum atomic E-state index is 3.79. The van der Waals surface area contributed by atoms with E-state index in [0.29, 0.717) is 12.1 Å². The van der Waals surface area contributed by atoms with E-state index in [1.165, 1.54) is 70.2 Å². The SMILES string of the molecule is CCCCC(CCC)NC(NC(CCC)CCCC)=[N+](C)C. The van der Waals surface area contributed by atoms with Crippen LogP contribution in [0.5, 0.6) is 0 Å². The lowest BCUT2D eigenvalue weighted by molar-refractivity contribution is -0.469. The summed E-state index contributed by atoms with van der Waals surface area (Å²) in [6, 6.07) is 1.20. The Labute approximate surface area is 140 Å². The molecule has 3 nitrogen and oxygen atoms in total. The zero-order valence-electron chi connectivity index (χ0n) is 16.2. The second-order valence-electron chi connectivity index (χ2n) is 6.79. The van der Waals surface area contributed by atoms with E-state index >= 15 is 0 Å². The van der Waals surface area contributed by atoms with Crippen molar-refractivity contribution in [3.63, 3.8) is 0 Å². The molecule has 0 aliphatic rings. The van der Waals surface area contributed by atoms with E-state index in [0.717, 1.165) is 0 Å². The first-order valence-corrected chi connectivity index (χ1v) is 9.66. The van der Waals surface area contributed by atoms with Crippen molar-refractivity contribution in [1.82, 2.24) is 10.6 Å². The topological polar surface area (TPSA) is 27.1 Å². The minimum Gasteiger partial charge on any atom is -0.275 e. The van der Waals surface area contributed by atoms with E-state index in [-0.39, 0.29) is 0 Å². The van der Waals surface area contributed by atoms with Gasteiger partial charge in [0.05, 0.1) is 26.2 Å². The number of hydrogen-bond donors (Lipinski definition) is 2. The van der Waals surface area contributed by atoms with Gasteiger partial charge in [0.2, 0.25) is 0 Å². The highest BCUT2D eigenvalue weighted by Gasteiger charge is 2.20. The summed E-state index contributed by atoms with van der Waals surface area (Å²) >= 11 is 0. The van der Waals surface area contributed by atoms with E-state index in [9.17, 15) is 0 Å². The summed E-state index contributed by atoms with van der Waals surface area (Å²) in [7, 11) is 4.28. The molecule has 0 aliphatic heterocycles. The predicted molar refractivity (Wildman–Crippen MR) is 99.8 cm³/mol. The van der Waals surface area contributed by atoms with Crippen LogP contribution >= 0.6 is 0 Å². The standard InChI is InChI=1S/C19H41N3/c1-7-11-15-17(13-9-3)20-19(22(5)6)21-18(14-10-4)16-12-8-2/h17-18H,7-16H2,1-6H3,(H,20,21)/p+1. The van der Waals surface area contributed by atoms with Crippen molar-refractivity contribution in [2.75, 3.05) is 14.1 Å². The predicted octanol–water partition coefficient (Wildman–Crippen LogP) is 4.51. The molecule has 0 aromatic heterocycles. The molecule has 22 heavy (non-hydrogen) atoms. The zero-order chi connectivity index (χ0) is 16.8. The summed E-state index contributed by atoms with van der Waals surface area (Å²) in [5, 5.41) is 7.57. The Bertz CT molecular complexity index is 260. The number of nitrogens with zero attached hydrogens (tertiary/aromatic N) is 1. The summed E-state index contributed by atoms with van der Waals surface area (Å²) in [4.78, 5) is 0. The first kappa shape index (κ1) is 21.3. The highest BCUT2D eigenvalue weighted by Crippen LogP contribution is 2.09. The van der Waals surface area contributed by atoms with Gasteiger partial charge in [0.1, 0.15) is 0 Å². The molecule has 0 saturated heterocycles. The van der Waals surface area contributed by atoms with Crippen LogP contribution in [-0.2, 0) is 0 Å². The van der Waals surface area contributed by atoms with Gasteiger partial charge in [-0.05, 0) is 25.7 Å². The maximum Gasteiger partial charge on any atom is 0.345 e. The van der Waals surface area contributed by atoms with Crippen molar-refractivity contribution in [3.05, 3.63) is 0 Å². The van der Waals surface area contributed by atoms with Crippen molar-refractivity contribution in [2.24, 2.45) is 0 Å². The number of rotatable bonds is 12. The Morgan fingerprint density at radius 3 is 1.36 bits per heavy atom. The highest BCUT2D eigenvalue weighted by molar-refractivity contribution is 5.75. The third-order valence-electron chi connectivity index (χ3n) is 4.22. The molecule has 0 aromatic rings. The molecule has 0 saturated carbocycles. The van der Waals surface area contributed by atoms with E-state index < -0.39 is 0 Å². The van der Waals surface area contributed by atoms with Gasteiger partial charge in [0, 0.05) is 0 Å². The molecule has 132 valence electrons. The van der Waals surface area contributed by atoms with Crippen molar-refractivity contribution >= 4 is 5.96 Å². The number of guanidine groups is 1. The lowest BCUT2D eigenvalue weighted by Crippen LogP contribution is -2.51. The van der Waals surface area contributed by atoms with Gasteiger partial charge in [-0.25, -0.2) is 0 Å². The summed E-state index contributed by atoms with van der Waals surface area (Å²) < 4.78 is 2.21. The Hall–Kier alpha value is -0.730. The molecular formula is C19H42N3+. The molecule has 0 bridgehead atoms. The Morgan fingerprint density at radius 1 is 0.682 bits per heavy atom. The van der Waals surface area contributed by atoms with E-state index in [2.05, 4.69) is 57.0 Å². The van der Waals surface area contributed by atoms with Gasteiger partial charge in [0.15, 0.2) is 0 Å². The van der Waals surface area contributed by atoms with Crippen LogP contribution in [0.3, 0.4) is 0 Å². The second-order valence-corrected chi connectivity index (χ2v) is 6.79. The molecule has 0 fully saturated rings. The zero-order valence-corrected chi connectivity index (χ0v) is 16.2. The van der Waals surface area contributed by atoms with E-state index in [1.54, 1.807) is 0 Å². The van der Waals surface area contributed by atoms with Gasteiger partial charge < -0.3 is 0 Å². The minimum absolute atomic E-state index is 0.600. The fourth-order valence-electron chi connectivity index (χ4n) is 2.86. The Morgan fingerprint density at radius 2 is 1.09 bits per heavy atom. The van der Waals surface area contributed by atoms with Gasteiger partial charge >= 0.3 is 5.96 Å². The second kappa shape index (κ2) is 13.9. The number of unbranched alkanes of at least 4 members (excludes halogenated alkanes) is 2. The summed E-state index contributed by atoms with van der Waals surface area (Å²) in [6.45, 7) is 9.12. The number of nitrogens with one attached hydrogen (secondary N) is 2. The first-order chi connectivity index (χ1) is 10.6. The van der Waals surface area contributed by atoms with Crippen LogP contribution in [0.15, 0.2) is 0 Å². The lowest BCUT2D eigenvalue weighted by Gasteiger charge is -2.21. The summed E-state index contributed by atoms with van der Waals surface area (Å²) in [5.74, 6) is 1.21. The van der Waals surface area contributed by atoms with Crippen LogP contribution in [0.4, 0.5) is 0 Å².